The molecule has 0 radical (unpaired) electrons. The lowest BCUT2D eigenvalue weighted by molar-refractivity contribution is 0.744. The standard InChI is InChI=1S/C8H17N5/c1-4-13(5-2)8-10-7(6(3)9)11-12-8/h6H,4-5,9H2,1-3H3,(H,10,11,12). The maximum Gasteiger partial charge on any atom is 0.244 e. The monoisotopic (exact) mass is 183 g/mol. The van der Waals surface area contributed by atoms with E-state index in [0.717, 1.165) is 24.9 Å². The van der Waals surface area contributed by atoms with E-state index in [1.807, 2.05) is 6.92 Å². The molecule has 1 heterocycles. The normalized spacial score (nSPS) is 12.9. The lowest BCUT2D eigenvalue weighted by Gasteiger charge is -2.15. The van der Waals surface area contributed by atoms with Crippen molar-refractivity contribution in [3.05, 3.63) is 5.82 Å². The summed E-state index contributed by atoms with van der Waals surface area (Å²) in [6.45, 7) is 7.85. The van der Waals surface area contributed by atoms with Crippen LogP contribution in [0.3, 0.4) is 0 Å². The molecule has 1 unspecified atom stereocenters. The number of nitrogens with zero attached hydrogens (tertiary/aromatic N) is 3. The molecule has 0 amide bonds. The van der Waals surface area contributed by atoms with Crippen molar-refractivity contribution in [1.29, 1.82) is 0 Å². The van der Waals surface area contributed by atoms with E-state index in [9.17, 15) is 0 Å². The first-order valence-electron chi connectivity index (χ1n) is 4.61. The second-order valence-electron chi connectivity index (χ2n) is 2.98. The molecule has 5 heteroatoms. The van der Waals surface area contributed by atoms with Gasteiger partial charge in [-0.2, -0.15) is 4.98 Å². The van der Waals surface area contributed by atoms with E-state index in [2.05, 4.69) is 33.9 Å². The number of hydrogen-bond acceptors (Lipinski definition) is 4. The van der Waals surface area contributed by atoms with Crippen LogP contribution in [0.2, 0.25) is 0 Å². The van der Waals surface area contributed by atoms with Crippen LogP contribution in [0.25, 0.3) is 0 Å². The molecule has 0 aliphatic rings. The van der Waals surface area contributed by atoms with Crippen molar-refractivity contribution in [2.75, 3.05) is 18.0 Å². The van der Waals surface area contributed by atoms with Crippen LogP contribution in [0.1, 0.15) is 32.6 Å². The molecule has 1 aromatic rings. The molecule has 0 aliphatic carbocycles. The van der Waals surface area contributed by atoms with E-state index < -0.39 is 0 Å². The molecular formula is C8H17N5. The SMILES string of the molecule is CCN(CC)c1n[nH]c(C(C)N)n1. The van der Waals surface area contributed by atoms with Crippen molar-refractivity contribution in [3.63, 3.8) is 0 Å². The second-order valence-corrected chi connectivity index (χ2v) is 2.98. The summed E-state index contributed by atoms with van der Waals surface area (Å²) in [5.41, 5.74) is 5.66. The van der Waals surface area contributed by atoms with Crippen LogP contribution in [0.4, 0.5) is 5.95 Å². The zero-order valence-corrected chi connectivity index (χ0v) is 8.41. The minimum atomic E-state index is -0.0863. The van der Waals surface area contributed by atoms with Crippen LogP contribution in [0.15, 0.2) is 0 Å². The number of nitrogens with one attached hydrogen (secondary N) is 1. The number of aromatic nitrogens is 3. The third kappa shape index (κ3) is 2.18. The highest BCUT2D eigenvalue weighted by Crippen LogP contribution is 2.09. The molecule has 5 nitrogen and oxygen atoms in total. The summed E-state index contributed by atoms with van der Waals surface area (Å²) in [5, 5.41) is 6.92. The van der Waals surface area contributed by atoms with Crippen LogP contribution < -0.4 is 10.6 Å². The topological polar surface area (TPSA) is 70.8 Å². The first-order valence-corrected chi connectivity index (χ1v) is 4.61. The highest BCUT2D eigenvalue weighted by molar-refractivity contribution is 5.28. The van der Waals surface area contributed by atoms with Gasteiger partial charge in [0.2, 0.25) is 5.95 Å². The van der Waals surface area contributed by atoms with E-state index in [1.165, 1.54) is 0 Å². The fourth-order valence-corrected chi connectivity index (χ4v) is 1.12. The summed E-state index contributed by atoms with van der Waals surface area (Å²) in [6.07, 6.45) is 0. The Hall–Kier alpha value is -1.10. The Morgan fingerprint density at radius 2 is 2.08 bits per heavy atom. The number of anilines is 1. The first-order chi connectivity index (χ1) is 6.19. The van der Waals surface area contributed by atoms with Gasteiger partial charge < -0.3 is 10.6 Å². The molecule has 13 heavy (non-hydrogen) atoms. The number of nitrogens with two attached hydrogens (primary N) is 1. The van der Waals surface area contributed by atoms with Gasteiger partial charge >= 0.3 is 0 Å². The lowest BCUT2D eigenvalue weighted by atomic mass is 10.3. The zero-order valence-electron chi connectivity index (χ0n) is 8.41. The Bertz CT molecular complexity index is 251. The number of rotatable bonds is 4. The van der Waals surface area contributed by atoms with Crippen molar-refractivity contribution >= 4 is 5.95 Å². The van der Waals surface area contributed by atoms with Crippen LogP contribution in [0.5, 0.6) is 0 Å². The molecule has 1 atom stereocenters. The van der Waals surface area contributed by atoms with Gasteiger partial charge in [0.05, 0.1) is 6.04 Å². The van der Waals surface area contributed by atoms with Gasteiger partial charge in [-0.05, 0) is 20.8 Å². The molecular weight excluding hydrogens is 166 g/mol. The average molecular weight is 183 g/mol. The fraction of sp³-hybridized carbons (Fsp3) is 0.750. The summed E-state index contributed by atoms with van der Waals surface area (Å²) in [4.78, 5) is 6.36. The maximum atomic E-state index is 5.66. The van der Waals surface area contributed by atoms with Crippen molar-refractivity contribution in [3.8, 4) is 0 Å². The van der Waals surface area contributed by atoms with Crippen LogP contribution in [-0.2, 0) is 0 Å². The predicted molar refractivity (Wildman–Crippen MR) is 52.5 cm³/mol. The van der Waals surface area contributed by atoms with Gasteiger partial charge in [-0.15, -0.1) is 5.10 Å². The van der Waals surface area contributed by atoms with Crippen molar-refractivity contribution in [2.24, 2.45) is 5.73 Å². The van der Waals surface area contributed by atoms with E-state index in [1.54, 1.807) is 0 Å². The predicted octanol–water partition coefficient (Wildman–Crippen LogP) is 0.671. The first kappa shape index (κ1) is 9.98. The molecule has 1 rings (SSSR count). The maximum absolute atomic E-state index is 5.66. The minimum Gasteiger partial charge on any atom is -0.340 e. The third-order valence-corrected chi connectivity index (χ3v) is 1.97. The molecule has 1 aromatic heterocycles. The molecule has 0 aliphatic heterocycles. The molecule has 0 saturated carbocycles. The van der Waals surface area contributed by atoms with Crippen molar-refractivity contribution in [2.45, 2.75) is 26.8 Å². The smallest absolute Gasteiger partial charge is 0.244 e. The Morgan fingerprint density at radius 1 is 1.46 bits per heavy atom. The van der Waals surface area contributed by atoms with Gasteiger partial charge in [0.1, 0.15) is 5.82 Å². The molecule has 3 N–H and O–H groups in total. The van der Waals surface area contributed by atoms with E-state index in [4.69, 9.17) is 5.73 Å². The van der Waals surface area contributed by atoms with Gasteiger partial charge in [0.25, 0.3) is 0 Å². The van der Waals surface area contributed by atoms with Crippen LogP contribution in [0, 0.1) is 0 Å². The Labute approximate surface area is 78.3 Å². The van der Waals surface area contributed by atoms with Gasteiger partial charge in [-0.25, -0.2) is 0 Å². The molecule has 0 saturated heterocycles. The van der Waals surface area contributed by atoms with Gasteiger partial charge in [-0.3, -0.25) is 5.10 Å². The minimum absolute atomic E-state index is 0.0863. The molecule has 0 fully saturated rings. The van der Waals surface area contributed by atoms with Crippen LogP contribution in [-0.4, -0.2) is 28.3 Å². The highest BCUT2D eigenvalue weighted by Gasteiger charge is 2.10. The molecule has 74 valence electrons. The Morgan fingerprint density at radius 3 is 2.46 bits per heavy atom. The Balaban J connectivity index is 2.78. The largest absolute Gasteiger partial charge is 0.340 e. The average Bonchev–Trinajstić information content (AvgIpc) is 2.56. The molecule has 0 spiro atoms. The van der Waals surface area contributed by atoms with Crippen LogP contribution >= 0.6 is 0 Å². The number of H-pyrrole nitrogens is 1. The lowest BCUT2D eigenvalue weighted by Crippen LogP contribution is -2.23. The van der Waals surface area contributed by atoms with Crippen molar-refractivity contribution in [1.82, 2.24) is 15.2 Å². The van der Waals surface area contributed by atoms with Gasteiger partial charge in [-0.1, -0.05) is 0 Å². The number of hydrogen-bond donors (Lipinski definition) is 2. The van der Waals surface area contributed by atoms with Crippen molar-refractivity contribution < 1.29 is 0 Å². The highest BCUT2D eigenvalue weighted by atomic mass is 15.4. The quantitative estimate of drug-likeness (QED) is 0.719. The third-order valence-electron chi connectivity index (χ3n) is 1.97. The second kappa shape index (κ2) is 4.23. The molecule has 0 bridgehead atoms. The summed E-state index contributed by atoms with van der Waals surface area (Å²) in [5.74, 6) is 1.47. The summed E-state index contributed by atoms with van der Waals surface area (Å²) in [6, 6.07) is -0.0863. The van der Waals surface area contributed by atoms with Gasteiger partial charge in [0.15, 0.2) is 0 Å². The van der Waals surface area contributed by atoms with Gasteiger partial charge in [0, 0.05) is 13.1 Å². The number of aromatic amines is 1. The van der Waals surface area contributed by atoms with E-state index in [0.29, 0.717) is 0 Å². The summed E-state index contributed by atoms with van der Waals surface area (Å²) < 4.78 is 0. The van der Waals surface area contributed by atoms with E-state index >= 15 is 0 Å². The van der Waals surface area contributed by atoms with E-state index in [-0.39, 0.29) is 6.04 Å². The Kier molecular flexibility index (Phi) is 3.25. The fourth-order valence-electron chi connectivity index (χ4n) is 1.12. The zero-order chi connectivity index (χ0) is 9.84. The summed E-state index contributed by atoms with van der Waals surface area (Å²) in [7, 11) is 0. The summed E-state index contributed by atoms with van der Waals surface area (Å²) >= 11 is 0. The molecule has 0 aromatic carbocycles.